The van der Waals surface area contributed by atoms with Crippen molar-refractivity contribution in [2.75, 3.05) is 0 Å². The molecule has 0 unspecified atom stereocenters. The molecule has 12 heteroatoms. The number of halogens is 1. The molecular weight excluding hydrogens is 1020 g/mol. The lowest BCUT2D eigenvalue weighted by atomic mass is 9.49. The van der Waals surface area contributed by atoms with Crippen molar-refractivity contribution in [2.24, 2.45) is 0 Å². The smallest absolute Gasteiger partial charge is 0.405 e. The van der Waals surface area contributed by atoms with Crippen LogP contribution in [0.25, 0.3) is 84.9 Å². The van der Waals surface area contributed by atoms with E-state index in [-0.39, 0.29) is 33.6 Å². The van der Waals surface area contributed by atoms with E-state index in [2.05, 4.69) is 198 Å². The molecule has 78 heavy (non-hydrogen) atoms. The summed E-state index contributed by atoms with van der Waals surface area (Å²) in [4.78, 5) is 0. The summed E-state index contributed by atoms with van der Waals surface area (Å²) in [5.74, 6) is 0. The quantitative estimate of drug-likeness (QED) is 0.155. The molecule has 0 bridgehead atoms. The molecule has 3 saturated heterocycles. The highest BCUT2D eigenvalue weighted by Gasteiger charge is 2.63. The van der Waals surface area contributed by atoms with E-state index in [1.807, 2.05) is 90.2 Å². The van der Waals surface area contributed by atoms with Crippen LogP contribution in [0.3, 0.4) is 0 Å². The third kappa shape index (κ3) is 10.3. The highest BCUT2D eigenvalue weighted by molar-refractivity contribution is 7.26. The Morgan fingerprint density at radius 2 is 0.654 bits per heavy atom. The lowest BCUT2D eigenvalue weighted by Crippen LogP contribution is -2.41. The Balaban J connectivity index is 0.000000131. The van der Waals surface area contributed by atoms with Gasteiger partial charge in [0.25, 0.3) is 0 Å². The van der Waals surface area contributed by atoms with Crippen LogP contribution >= 0.6 is 34.3 Å². The van der Waals surface area contributed by atoms with Crippen LogP contribution in [-0.4, -0.2) is 54.7 Å². The SMILES string of the molecule is CC1(C)OB(B2OC(C)(C)C(C)(C)O2)OC1(C)C.CC1(C)OB(c2cc(-c3ccccc3)cc(-c3cccc4c3sc3ccccc34)c2)OC1(C)C.Clc1cc(-c2ccccc2)cc(-c2cccc3c2sc2ccccc23)c1. The van der Waals surface area contributed by atoms with Crippen LogP contribution in [0, 0.1) is 0 Å². The van der Waals surface area contributed by atoms with Crippen molar-refractivity contribution in [3.8, 4) is 44.5 Å². The average Bonchev–Trinajstić information content (AvgIpc) is 4.37. The Labute approximate surface area is 474 Å². The standard InChI is InChI=1S/C30H27BO2S.C24H15ClS.C12H24B2O4/c1-29(2)30(3,4)33-31(32-29)23-18-21(20-11-6-5-7-12-20)17-22(19-23)24-14-10-15-26-25-13-8-9-16-27(25)34-28(24)26;25-19-14-17(16-7-2-1-3-8-16)13-18(15-19)20-10-6-11-22-21-9-4-5-12-23(21)26-24(20)22;1-9(2)10(3,4)16-13(15-9)14-17-11(5,6)12(7,8)18-14/h5-19H,1-4H3;1-15H;1-8H3. The van der Waals surface area contributed by atoms with Crippen LogP contribution in [0.5, 0.6) is 0 Å². The summed E-state index contributed by atoms with van der Waals surface area (Å²) in [5.41, 5.74) is 8.35. The van der Waals surface area contributed by atoms with Crippen molar-refractivity contribution in [2.45, 2.75) is 117 Å². The molecule has 0 aliphatic carbocycles. The van der Waals surface area contributed by atoms with E-state index in [1.165, 1.54) is 73.7 Å². The van der Waals surface area contributed by atoms with Gasteiger partial charge in [-0.25, -0.2) is 0 Å². The van der Waals surface area contributed by atoms with Gasteiger partial charge in [-0.1, -0.05) is 157 Å². The van der Waals surface area contributed by atoms with Gasteiger partial charge in [0.2, 0.25) is 0 Å². The van der Waals surface area contributed by atoms with Crippen LogP contribution in [0.2, 0.25) is 5.02 Å². The molecule has 394 valence electrons. The van der Waals surface area contributed by atoms with Gasteiger partial charge in [0.05, 0.1) is 33.6 Å². The highest BCUT2D eigenvalue weighted by atomic mass is 35.5. The van der Waals surface area contributed by atoms with Gasteiger partial charge < -0.3 is 27.9 Å². The van der Waals surface area contributed by atoms with Gasteiger partial charge in [-0.2, -0.15) is 0 Å². The van der Waals surface area contributed by atoms with E-state index in [4.69, 9.17) is 39.5 Å². The van der Waals surface area contributed by atoms with Crippen molar-refractivity contribution < 1.29 is 27.9 Å². The van der Waals surface area contributed by atoms with E-state index >= 15 is 0 Å². The maximum absolute atomic E-state index is 6.48. The van der Waals surface area contributed by atoms with Crippen LogP contribution in [-0.2, 0) is 27.9 Å². The Bertz CT molecular complexity index is 3750. The van der Waals surface area contributed by atoms with Gasteiger partial charge in [0.1, 0.15) is 0 Å². The predicted octanol–water partition coefficient (Wildman–Crippen LogP) is 18.0. The first-order valence-electron chi connectivity index (χ1n) is 26.9. The zero-order chi connectivity index (χ0) is 55.0. The highest BCUT2D eigenvalue weighted by Crippen LogP contribution is 2.46. The number of hydrogen-bond donors (Lipinski definition) is 0. The first-order chi connectivity index (χ1) is 37.0. The summed E-state index contributed by atoms with van der Waals surface area (Å²) in [6.45, 7) is 24.6. The topological polar surface area (TPSA) is 55.4 Å². The van der Waals surface area contributed by atoms with Crippen molar-refractivity contribution in [1.82, 2.24) is 0 Å². The minimum Gasteiger partial charge on any atom is -0.405 e. The normalized spacial score (nSPS) is 18.6. The molecule has 8 aromatic carbocycles. The Kier molecular flexibility index (Phi) is 14.3. The first-order valence-corrected chi connectivity index (χ1v) is 29.0. The summed E-state index contributed by atoms with van der Waals surface area (Å²) in [6.07, 6.45) is 0. The number of thiophene rings is 2. The lowest BCUT2D eigenvalue weighted by Gasteiger charge is -2.32. The summed E-state index contributed by atoms with van der Waals surface area (Å²) in [7, 11) is -1.36. The van der Waals surface area contributed by atoms with Gasteiger partial charge in [-0.3, -0.25) is 0 Å². The maximum Gasteiger partial charge on any atom is 0.494 e. The monoisotopic (exact) mass is 1090 g/mol. The van der Waals surface area contributed by atoms with Gasteiger partial charge >= 0.3 is 21.1 Å². The molecule has 0 spiro atoms. The van der Waals surface area contributed by atoms with Crippen LogP contribution in [0.15, 0.2) is 182 Å². The van der Waals surface area contributed by atoms with Crippen molar-refractivity contribution >= 4 is 101 Å². The molecule has 5 heterocycles. The second-order valence-electron chi connectivity index (χ2n) is 23.7. The molecule has 0 N–H and O–H groups in total. The molecule has 0 saturated carbocycles. The lowest BCUT2D eigenvalue weighted by molar-refractivity contribution is 0.00578. The van der Waals surface area contributed by atoms with Crippen molar-refractivity contribution in [3.05, 3.63) is 187 Å². The van der Waals surface area contributed by atoms with Crippen LogP contribution < -0.4 is 5.46 Å². The fourth-order valence-electron chi connectivity index (χ4n) is 10.2. The Morgan fingerprint density at radius 3 is 1.09 bits per heavy atom. The summed E-state index contributed by atoms with van der Waals surface area (Å²) in [6, 6.07) is 64.5. The summed E-state index contributed by atoms with van der Waals surface area (Å²) < 4.78 is 42.0. The number of hydrogen-bond acceptors (Lipinski definition) is 8. The fourth-order valence-corrected chi connectivity index (χ4v) is 12.9. The molecule has 0 atom stereocenters. The third-order valence-corrected chi connectivity index (χ3v) is 19.4. The number of fused-ring (bicyclic) bond motifs is 6. The van der Waals surface area contributed by atoms with E-state index in [0.717, 1.165) is 21.6 Å². The third-order valence-electron chi connectivity index (χ3n) is 16.8. The van der Waals surface area contributed by atoms with Gasteiger partial charge in [0, 0.05) is 45.4 Å². The minimum atomic E-state index is -0.476. The summed E-state index contributed by atoms with van der Waals surface area (Å²) >= 11 is 10.2. The second kappa shape index (κ2) is 20.5. The largest absolute Gasteiger partial charge is 0.494 e. The Morgan fingerprint density at radius 1 is 0.321 bits per heavy atom. The zero-order valence-corrected chi connectivity index (χ0v) is 49.1. The molecular formula is C66H66B3ClO6S2. The zero-order valence-electron chi connectivity index (χ0n) is 46.7. The first kappa shape index (κ1) is 54.4. The van der Waals surface area contributed by atoms with Crippen molar-refractivity contribution in [3.63, 3.8) is 0 Å². The number of rotatable bonds is 6. The van der Waals surface area contributed by atoms with Gasteiger partial charge in [0.15, 0.2) is 0 Å². The van der Waals surface area contributed by atoms with E-state index in [0.29, 0.717) is 0 Å². The molecule has 10 aromatic rings. The van der Waals surface area contributed by atoms with E-state index < -0.39 is 21.1 Å². The molecule has 2 aromatic heterocycles. The fraction of sp³-hybridized carbons (Fsp3) is 0.273. The molecule has 0 amide bonds. The molecule has 3 aliphatic heterocycles. The predicted molar refractivity (Wildman–Crippen MR) is 333 cm³/mol. The second-order valence-corrected chi connectivity index (χ2v) is 26.2. The van der Waals surface area contributed by atoms with E-state index in [1.54, 1.807) is 0 Å². The Hall–Kier alpha value is -5.56. The van der Waals surface area contributed by atoms with Gasteiger partial charge in [-0.15, -0.1) is 22.7 Å². The van der Waals surface area contributed by atoms with Crippen LogP contribution in [0.1, 0.15) is 83.1 Å². The van der Waals surface area contributed by atoms with Crippen molar-refractivity contribution in [1.29, 1.82) is 0 Å². The minimum absolute atomic E-state index is 0.360. The summed E-state index contributed by atoms with van der Waals surface area (Å²) in [5, 5.41) is 6.01. The molecule has 6 nitrogen and oxygen atoms in total. The molecule has 3 aliphatic rings. The molecule has 13 rings (SSSR count). The molecule has 0 radical (unpaired) electrons. The maximum atomic E-state index is 6.48. The average molecular weight is 1090 g/mol. The van der Waals surface area contributed by atoms with E-state index in [9.17, 15) is 0 Å². The number of benzene rings is 8. The molecule has 3 fully saturated rings. The van der Waals surface area contributed by atoms with Gasteiger partial charge in [-0.05, 0) is 169 Å². The van der Waals surface area contributed by atoms with Crippen LogP contribution in [0.4, 0.5) is 0 Å².